The largest absolute Gasteiger partial charge is 0.456 e. The Morgan fingerprint density at radius 3 is 1.23 bits per heavy atom. The normalized spacial score (nSPS) is 12.9. The standard InChI is InChI=1S/C52H33N3O/c1-3-14-37(15-4-1)49-53-50(38-16-5-2-6-17-38)55-51(54-49)39-32-28-35(29-33-39)34-26-30-36(31-27-34)40-20-13-24-46-48(40)56-47-25-12-11-23-45(47)52(46)43-21-9-7-18-41(43)42-19-8-10-22-44(42)52/h1-33H. The molecule has 1 aliphatic heterocycles. The van der Waals surface area contributed by atoms with E-state index in [1.165, 1.54) is 27.8 Å². The summed E-state index contributed by atoms with van der Waals surface area (Å²) in [7, 11) is 0. The summed E-state index contributed by atoms with van der Waals surface area (Å²) in [4.78, 5) is 14.7. The number of ether oxygens (including phenoxy) is 1. The summed E-state index contributed by atoms with van der Waals surface area (Å²) in [6.45, 7) is 0. The molecule has 8 aromatic carbocycles. The molecule has 1 aromatic heterocycles. The van der Waals surface area contributed by atoms with E-state index in [9.17, 15) is 0 Å². The number of fused-ring (bicyclic) bond motifs is 9. The maximum absolute atomic E-state index is 6.91. The Balaban J connectivity index is 0.965. The molecule has 2 heterocycles. The van der Waals surface area contributed by atoms with Crippen LogP contribution in [-0.4, -0.2) is 15.0 Å². The minimum Gasteiger partial charge on any atom is -0.456 e. The number of aromatic nitrogens is 3. The second kappa shape index (κ2) is 12.9. The van der Waals surface area contributed by atoms with Crippen LogP contribution in [0.3, 0.4) is 0 Å². The third kappa shape index (κ3) is 4.96. The molecular formula is C52H33N3O. The average Bonchev–Trinajstić information content (AvgIpc) is 3.57. The fraction of sp³-hybridized carbons (Fsp3) is 0.0192. The maximum atomic E-state index is 6.91. The van der Waals surface area contributed by atoms with Gasteiger partial charge in [0.15, 0.2) is 17.5 Å². The van der Waals surface area contributed by atoms with Crippen LogP contribution in [0.25, 0.3) is 67.5 Å². The molecule has 0 saturated carbocycles. The van der Waals surface area contributed by atoms with Crippen molar-refractivity contribution in [3.8, 4) is 79.0 Å². The zero-order chi connectivity index (χ0) is 37.1. The van der Waals surface area contributed by atoms with Crippen LogP contribution in [0.5, 0.6) is 11.5 Å². The van der Waals surface area contributed by atoms with Crippen LogP contribution >= 0.6 is 0 Å². The van der Waals surface area contributed by atoms with E-state index < -0.39 is 5.41 Å². The quantitative estimate of drug-likeness (QED) is 0.178. The lowest BCUT2D eigenvalue weighted by atomic mass is 9.65. The molecule has 4 nitrogen and oxygen atoms in total. The van der Waals surface area contributed by atoms with Gasteiger partial charge in [0.2, 0.25) is 0 Å². The van der Waals surface area contributed by atoms with E-state index in [0.29, 0.717) is 17.5 Å². The van der Waals surface area contributed by atoms with Crippen molar-refractivity contribution < 1.29 is 4.74 Å². The summed E-state index contributed by atoms with van der Waals surface area (Å²) in [6, 6.07) is 70.2. The zero-order valence-electron chi connectivity index (χ0n) is 30.3. The molecule has 9 aromatic rings. The third-order valence-corrected chi connectivity index (χ3v) is 11.2. The van der Waals surface area contributed by atoms with E-state index in [-0.39, 0.29) is 0 Å². The van der Waals surface area contributed by atoms with Gasteiger partial charge in [-0.3, -0.25) is 0 Å². The predicted molar refractivity (Wildman–Crippen MR) is 224 cm³/mol. The SMILES string of the molecule is c1ccc(-c2nc(-c3ccccc3)nc(-c3ccc(-c4ccc(-c5cccc6c5Oc5ccccc5C65c6ccccc6-c6ccccc65)cc4)cc3)n2)cc1. The molecule has 0 bridgehead atoms. The maximum Gasteiger partial charge on any atom is 0.164 e. The number of rotatable bonds is 5. The molecule has 262 valence electrons. The first kappa shape index (κ1) is 32.0. The molecule has 0 amide bonds. The van der Waals surface area contributed by atoms with Gasteiger partial charge in [-0.15, -0.1) is 0 Å². The van der Waals surface area contributed by atoms with E-state index in [1.807, 2.05) is 60.7 Å². The summed E-state index contributed by atoms with van der Waals surface area (Å²) >= 11 is 0. The van der Waals surface area contributed by atoms with Gasteiger partial charge in [-0.1, -0.05) is 194 Å². The first-order chi connectivity index (χ1) is 27.8. The van der Waals surface area contributed by atoms with Gasteiger partial charge < -0.3 is 4.74 Å². The van der Waals surface area contributed by atoms with Crippen molar-refractivity contribution in [2.24, 2.45) is 0 Å². The zero-order valence-corrected chi connectivity index (χ0v) is 30.3. The van der Waals surface area contributed by atoms with Crippen LogP contribution < -0.4 is 4.74 Å². The van der Waals surface area contributed by atoms with Crippen molar-refractivity contribution in [3.05, 3.63) is 222 Å². The van der Waals surface area contributed by atoms with Gasteiger partial charge >= 0.3 is 0 Å². The summed E-state index contributed by atoms with van der Waals surface area (Å²) in [5.74, 6) is 3.73. The molecule has 0 atom stereocenters. The van der Waals surface area contributed by atoms with Crippen molar-refractivity contribution in [2.75, 3.05) is 0 Å². The predicted octanol–water partition coefficient (Wildman–Crippen LogP) is 12.7. The first-order valence-electron chi connectivity index (χ1n) is 18.9. The van der Waals surface area contributed by atoms with Crippen molar-refractivity contribution >= 4 is 0 Å². The highest BCUT2D eigenvalue weighted by atomic mass is 16.5. The van der Waals surface area contributed by atoms with Crippen LogP contribution in [0.15, 0.2) is 200 Å². The van der Waals surface area contributed by atoms with Gasteiger partial charge in [0, 0.05) is 33.4 Å². The average molecular weight is 716 g/mol. The lowest BCUT2D eigenvalue weighted by molar-refractivity contribution is 0.438. The Bertz CT molecular complexity index is 2820. The number of nitrogens with zero attached hydrogens (tertiary/aromatic N) is 3. The molecule has 1 spiro atoms. The van der Waals surface area contributed by atoms with Crippen LogP contribution in [0.2, 0.25) is 0 Å². The summed E-state index contributed by atoms with van der Waals surface area (Å²) < 4.78 is 6.91. The fourth-order valence-electron chi connectivity index (χ4n) is 8.70. The van der Waals surface area contributed by atoms with Crippen molar-refractivity contribution in [3.63, 3.8) is 0 Å². The minimum absolute atomic E-state index is 0.489. The van der Waals surface area contributed by atoms with Gasteiger partial charge in [-0.2, -0.15) is 0 Å². The Labute approximate surface area is 325 Å². The molecule has 56 heavy (non-hydrogen) atoms. The van der Waals surface area contributed by atoms with E-state index in [1.54, 1.807) is 0 Å². The van der Waals surface area contributed by atoms with Crippen LogP contribution in [0, 0.1) is 0 Å². The molecule has 0 radical (unpaired) electrons. The van der Waals surface area contributed by atoms with E-state index in [4.69, 9.17) is 19.7 Å². The lowest BCUT2D eigenvalue weighted by Crippen LogP contribution is -2.32. The Kier molecular flexibility index (Phi) is 7.36. The number of benzene rings is 8. The monoisotopic (exact) mass is 715 g/mol. The number of hydrogen-bond donors (Lipinski definition) is 0. The van der Waals surface area contributed by atoms with E-state index in [2.05, 4.69) is 140 Å². The molecule has 2 aliphatic rings. The third-order valence-electron chi connectivity index (χ3n) is 11.2. The molecule has 1 aliphatic carbocycles. The first-order valence-corrected chi connectivity index (χ1v) is 18.9. The molecule has 4 heteroatoms. The molecule has 11 rings (SSSR count). The van der Waals surface area contributed by atoms with Gasteiger partial charge in [-0.05, 0) is 45.0 Å². The molecular weight excluding hydrogens is 683 g/mol. The summed E-state index contributed by atoms with van der Waals surface area (Å²) in [5, 5.41) is 0. The van der Waals surface area contributed by atoms with Crippen LogP contribution in [0.4, 0.5) is 0 Å². The summed E-state index contributed by atoms with van der Waals surface area (Å²) in [6.07, 6.45) is 0. The second-order valence-electron chi connectivity index (χ2n) is 14.3. The van der Waals surface area contributed by atoms with Gasteiger partial charge in [0.1, 0.15) is 11.5 Å². The Morgan fingerprint density at radius 1 is 0.286 bits per heavy atom. The number of para-hydroxylation sites is 2. The minimum atomic E-state index is -0.489. The van der Waals surface area contributed by atoms with E-state index in [0.717, 1.165) is 56.0 Å². The van der Waals surface area contributed by atoms with Crippen molar-refractivity contribution in [1.82, 2.24) is 15.0 Å². The van der Waals surface area contributed by atoms with Crippen LogP contribution in [-0.2, 0) is 5.41 Å². The highest BCUT2D eigenvalue weighted by Crippen LogP contribution is 2.63. The molecule has 0 unspecified atom stereocenters. The second-order valence-corrected chi connectivity index (χ2v) is 14.3. The molecule has 0 saturated heterocycles. The summed E-state index contributed by atoms with van der Waals surface area (Å²) in [5.41, 5.74) is 14.2. The highest BCUT2D eigenvalue weighted by molar-refractivity contribution is 5.90. The Morgan fingerprint density at radius 2 is 0.679 bits per heavy atom. The van der Waals surface area contributed by atoms with Gasteiger partial charge in [0.25, 0.3) is 0 Å². The lowest BCUT2D eigenvalue weighted by Gasteiger charge is -2.40. The topological polar surface area (TPSA) is 47.9 Å². The van der Waals surface area contributed by atoms with Gasteiger partial charge in [0.05, 0.1) is 5.41 Å². The van der Waals surface area contributed by atoms with Crippen molar-refractivity contribution in [1.29, 1.82) is 0 Å². The fourth-order valence-corrected chi connectivity index (χ4v) is 8.70. The number of hydrogen-bond acceptors (Lipinski definition) is 4. The Hall–Kier alpha value is -7.43. The smallest absolute Gasteiger partial charge is 0.164 e. The van der Waals surface area contributed by atoms with Gasteiger partial charge in [-0.25, -0.2) is 15.0 Å². The highest BCUT2D eigenvalue weighted by Gasteiger charge is 2.51. The molecule has 0 fully saturated rings. The van der Waals surface area contributed by atoms with E-state index >= 15 is 0 Å². The molecule has 0 N–H and O–H groups in total. The van der Waals surface area contributed by atoms with Crippen molar-refractivity contribution in [2.45, 2.75) is 5.41 Å². The van der Waals surface area contributed by atoms with Crippen LogP contribution in [0.1, 0.15) is 22.3 Å².